The first-order valence-electron chi connectivity index (χ1n) is 11.1. The molecule has 35 heavy (non-hydrogen) atoms. The molecule has 0 N–H and O–H groups in total. The average molecular weight is 616 g/mol. The van der Waals surface area contributed by atoms with Gasteiger partial charge in [0.1, 0.15) is 40.4 Å². The molecule has 182 valence electrons. The lowest BCUT2D eigenvalue weighted by Crippen LogP contribution is -3.00. The minimum Gasteiger partial charge on any atom is -1.00 e. The molecule has 0 aromatic heterocycles. The van der Waals surface area contributed by atoms with Crippen LogP contribution in [0.1, 0.15) is 11.1 Å². The Morgan fingerprint density at radius 3 is 1.11 bits per heavy atom. The van der Waals surface area contributed by atoms with E-state index < -0.39 is 7.26 Å². The first-order chi connectivity index (χ1) is 16.6. The van der Waals surface area contributed by atoms with Gasteiger partial charge in [-0.05, 0) is 83.9 Å². The lowest BCUT2D eigenvalue weighted by Gasteiger charge is -2.28. The van der Waals surface area contributed by atoms with Crippen LogP contribution in [0.5, 0.6) is 17.2 Å². The van der Waals surface area contributed by atoms with Crippen molar-refractivity contribution in [2.75, 3.05) is 21.3 Å². The van der Waals surface area contributed by atoms with Crippen LogP contribution in [-0.4, -0.2) is 21.3 Å². The van der Waals surface area contributed by atoms with Crippen molar-refractivity contribution >= 4 is 39.1 Å². The molecule has 0 unspecified atom stereocenters. The molecule has 0 saturated heterocycles. The van der Waals surface area contributed by atoms with Crippen molar-refractivity contribution in [2.24, 2.45) is 0 Å². The van der Waals surface area contributed by atoms with E-state index in [2.05, 4.69) is 113 Å². The van der Waals surface area contributed by atoms with Crippen LogP contribution in [0.2, 0.25) is 0 Å². The maximum Gasteiger partial charge on any atom is 0.119 e. The third-order valence-corrected chi connectivity index (χ3v) is 11.2. The summed E-state index contributed by atoms with van der Waals surface area (Å²) in [6.07, 6.45) is 0.903. The summed E-state index contributed by atoms with van der Waals surface area (Å²) in [7, 11) is 3.04. The Hall–Kier alpha value is -2.33. The second-order valence-electron chi connectivity index (χ2n) is 8.01. The van der Waals surface area contributed by atoms with Gasteiger partial charge in [-0.2, -0.15) is 0 Å². The van der Waals surface area contributed by atoms with Crippen molar-refractivity contribution in [3.8, 4) is 17.2 Å². The van der Waals surface area contributed by atoms with Crippen LogP contribution in [0, 0.1) is 0 Å². The van der Waals surface area contributed by atoms with Gasteiger partial charge in [0.25, 0.3) is 0 Å². The summed E-state index contributed by atoms with van der Waals surface area (Å²) in [5.41, 5.74) is 2.58. The fourth-order valence-corrected chi connectivity index (χ4v) is 8.79. The molecule has 6 heteroatoms. The summed E-state index contributed by atoms with van der Waals surface area (Å²) in [6.45, 7) is 0. The second kappa shape index (κ2) is 12.6. The van der Waals surface area contributed by atoms with Gasteiger partial charge >= 0.3 is 0 Å². The number of methoxy groups -OCH3 is 3. The molecular weight excluding hydrogens is 587 g/mol. The van der Waals surface area contributed by atoms with E-state index in [9.17, 15) is 0 Å². The Balaban J connectivity index is 0.00000342. The van der Waals surface area contributed by atoms with Gasteiger partial charge in [-0.25, -0.2) is 0 Å². The molecule has 0 fully saturated rings. The van der Waals surface area contributed by atoms with E-state index in [0.717, 1.165) is 28.7 Å². The average Bonchev–Trinajstić information content (AvgIpc) is 2.92. The Kier molecular flexibility index (Phi) is 9.80. The van der Waals surface area contributed by atoms with Crippen molar-refractivity contribution in [1.82, 2.24) is 0 Å². The van der Waals surface area contributed by atoms with Crippen molar-refractivity contribution < 1.29 is 31.2 Å². The van der Waals surface area contributed by atoms with Gasteiger partial charge in [0.15, 0.2) is 0 Å². The summed E-state index contributed by atoms with van der Waals surface area (Å²) in [4.78, 5) is 0. The van der Waals surface area contributed by atoms with Crippen LogP contribution in [0.25, 0.3) is 0 Å². The predicted octanol–water partition coefficient (Wildman–Crippen LogP) is 3.11. The highest BCUT2D eigenvalue weighted by atomic mass is 79.9. The van der Waals surface area contributed by atoms with E-state index in [1.54, 1.807) is 21.3 Å². The maximum absolute atomic E-state index is 5.47. The number of rotatable bonds is 9. The van der Waals surface area contributed by atoms with E-state index in [-0.39, 0.29) is 17.0 Å². The Labute approximate surface area is 227 Å². The zero-order valence-corrected chi connectivity index (χ0v) is 24.1. The van der Waals surface area contributed by atoms with Gasteiger partial charge in [0.05, 0.1) is 27.5 Å². The van der Waals surface area contributed by atoms with Crippen LogP contribution >= 0.6 is 23.2 Å². The molecule has 0 amide bonds. The molecule has 0 bridgehead atoms. The highest BCUT2D eigenvalue weighted by Crippen LogP contribution is 2.58. The number of ether oxygens (including phenoxy) is 3. The van der Waals surface area contributed by atoms with Crippen molar-refractivity contribution in [1.29, 1.82) is 0 Å². The Bertz CT molecular complexity index is 1080. The van der Waals surface area contributed by atoms with E-state index in [0.29, 0.717) is 0 Å². The molecular formula is C29H29Br2O3P. The van der Waals surface area contributed by atoms with Crippen LogP contribution in [0.15, 0.2) is 97.1 Å². The van der Waals surface area contributed by atoms with E-state index in [1.807, 2.05) is 0 Å². The summed E-state index contributed by atoms with van der Waals surface area (Å²) in [5.74, 6) is 2.56. The summed E-state index contributed by atoms with van der Waals surface area (Å²) >= 11 is 3.57. The summed E-state index contributed by atoms with van der Waals surface area (Å²) in [6, 6.07) is 34.6. The van der Waals surface area contributed by atoms with E-state index in [4.69, 9.17) is 14.2 Å². The van der Waals surface area contributed by atoms with Gasteiger partial charge in [-0.1, -0.05) is 40.2 Å². The Morgan fingerprint density at radius 1 is 0.514 bits per heavy atom. The quantitative estimate of drug-likeness (QED) is 0.214. The normalized spacial score (nSPS) is 10.9. The van der Waals surface area contributed by atoms with Crippen LogP contribution < -0.4 is 47.1 Å². The second-order valence-corrected chi connectivity index (χ2v) is 12.1. The zero-order valence-electron chi connectivity index (χ0n) is 20.1. The third-order valence-electron chi connectivity index (χ3n) is 6.14. The van der Waals surface area contributed by atoms with Crippen molar-refractivity contribution in [3.63, 3.8) is 0 Å². The standard InChI is InChI=1S/C29H29BrO3P.BrH/c1-31-24-8-14-27(15-9-24)34(28-16-10-25(32-2)11-17-28,29-18-12-26(33-3)13-19-29)21-23-6-4-22(20-30)5-7-23;/h4-19H,20-21H2,1-3H3;1H/q+1;/p-1. The third kappa shape index (κ3) is 5.91. The van der Waals surface area contributed by atoms with Gasteiger partial charge < -0.3 is 31.2 Å². The number of benzene rings is 4. The topological polar surface area (TPSA) is 27.7 Å². The van der Waals surface area contributed by atoms with E-state index in [1.165, 1.54) is 27.0 Å². The number of alkyl halides is 1. The number of hydrogen-bond acceptors (Lipinski definition) is 3. The molecule has 0 aliphatic heterocycles. The summed E-state index contributed by atoms with van der Waals surface area (Å²) < 4.78 is 16.4. The van der Waals surface area contributed by atoms with Gasteiger partial charge in [0, 0.05) is 5.33 Å². The highest BCUT2D eigenvalue weighted by Gasteiger charge is 2.45. The van der Waals surface area contributed by atoms with Crippen molar-refractivity contribution in [2.45, 2.75) is 11.5 Å². The molecule has 4 aromatic rings. The molecule has 0 heterocycles. The van der Waals surface area contributed by atoms with Crippen LogP contribution in [-0.2, 0) is 11.5 Å². The number of halogens is 2. The van der Waals surface area contributed by atoms with Crippen LogP contribution in [0.3, 0.4) is 0 Å². The van der Waals surface area contributed by atoms with Gasteiger partial charge in [-0.3, -0.25) is 0 Å². The molecule has 0 aliphatic carbocycles. The molecule has 3 nitrogen and oxygen atoms in total. The molecule has 0 spiro atoms. The lowest BCUT2D eigenvalue weighted by atomic mass is 10.2. The first kappa shape index (κ1) is 27.3. The number of hydrogen-bond donors (Lipinski definition) is 0. The fourth-order valence-electron chi connectivity index (χ4n) is 4.24. The minimum atomic E-state index is -2.07. The molecule has 4 aromatic carbocycles. The fraction of sp³-hybridized carbons (Fsp3) is 0.172. The molecule has 0 saturated carbocycles. The Morgan fingerprint density at radius 2 is 0.829 bits per heavy atom. The van der Waals surface area contributed by atoms with Crippen LogP contribution in [0.4, 0.5) is 0 Å². The largest absolute Gasteiger partial charge is 1.00 e. The molecule has 0 aliphatic rings. The zero-order chi connectivity index (χ0) is 24.0. The first-order valence-corrected chi connectivity index (χ1v) is 14.2. The monoisotopic (exact) mass is 614 g/mol. The SMILES string of the molecule is COc1ccc([P+](Cc2ccc(CBr)cc2)(c2ccc(OC)cc2)c2ccc(OC)cc2)cc1.[Br-]. The molecule has 0 radical (unpaired) electrons. The van der Waals surface area contributed by atoms with Crippen molar-refractivity contribution in [3.05, 3.63) is 108 Å². The maximum atomic E-state index is 5.47. The predicted molar refractivity (Wildman–Crippen MR) is 148 cm³/mol. The van der Waals surface area contributed by atoms with E-state index >= 15 is 0 Å². The smallest absolute Gasteiger partial charge is 0.119 e. The van der Waals surface area contributed by atoms with Gasteiger partial charge in [0.2, 0.25) is 0 Å². The molecule has 0 atom stereocenters. The summed E-state index contributed by atoms with van der Waals surface area (Å²) in [5, 5.41) is 4.75. The lowest BCUT2D eigenvalue weighted by molar-refractivity contribution is -0.00000760. The minimum absolute atomic E-state index is 0. The van der Waals surface area contributed by atoms with Gasteiger partial charge in [-0.15, -0.1) is 0 Å². The highest BCUT2D eigenvalue weighted by molar-refractivity contribution is 9.08. The molecule has 4 rings (SSSR count).